The van der Waals surface area contributed by atoms with Gasteiger partial charge < -0.3 is 15.0 Å². The zero-order chi connectivity index (χ0) is 22.8. The molecular weight excluding hydrogens is 417 g/mol. The summed E-state index contributed by atoms with van der Waals surface area (Å²) in [5.74, 6) is -0.720. The van der Waals surface area contributed by atoms with Gasteiger partial charge in [-0.15, -0.1) is 0 Å². The lowest BCUT2D eigenvalue weighted by atomic mass is 10.1. The monoisotopic (exact) mass is 438 g/mol. The van der Waals surface area contributed by atoms with E-state index in [1.165, 1.54) is 31.1 Å². The highest BCUT2D eigenvalue weighted by Crippen LogP contribution is 2.30. The summed E-state index contributed by atoms with van der Waals surface area (Å²) in [6, 6.07) is 5.33. The van der Waals surface area contributed by atoms with Crippen LogP contribution in [0.15, 0.2) is 35.1 Å². The van der Waals surface area contributed by atoms with Crippen molar-refractivity contribution in [3.8, 4) is 5.69 Å². The molecule has 2 heterocycles. The highest BCUT2D eigenvalue weighted by molar-refractivity contribution is 5.92. The van der Waals surface area contributed by atoms with Gasteiger partial charge in [0.1, 0.15) is 0 Å². The van der Waals surface area contributed by atoms with Crippen LogP contribution < -0.4 is 10.7 Å². The molecule has 0 saturated carbocycles. The van der Waals surface area contributed by atoms with Crippen LogP contribution in [0.5, 0.6) is 0 Å². The Balaban J connectivity index is 1.81. The van der Waals surface area contributed by atoms with Crippen LogP contribution in [0.4, 0.5) is 18.0 Å². The second-order valence-electron chi connectivity index (χ2n) is 7.16. The number of nitrogens with zero attached hydrogens (tertiary/aromatic N) is 3. The fraction of sp³-hybridized carbons (Fsp3) is 0.400. The van der Waals surface area contributed by atoms with Crippen LogP contribution in [0, 0.1) is 6.92 Å². The number of piperidine rings is 1. The van der Waals surface area contributed by atoms with Crippen LogP contribution in [-0.2, 0) is 10.9 Å². The van der Waals surface area contributed by atoms with Crippen molar-refractivity contribution in [3.63, 3.8) is 0 Å². The van der Waals surface area contributed by atoms with Gasteiger partial charge in [-0.2, -0.15) is 18.3 Å². The van der Waals surface area contributed by atoms with E-state index in [1.807, 2.05) is 0 Å². The van der Waals surface area contributed by atoms with E-state index in [4.69, 9.17) is 0 Å². The van der Waals surface area contributed by atoms with Crippen LogP contribution in [0.1, 0.15) is 34.6 Å². The van der Waals surface area contributed by atoms with Crippen molar-refractivity contribution in [2.45, 2.75) is 32.0 Å². The number of aryl methyl sites for hydroxylation is 1. The number of nitrogens with one attached hydrogen (secondary N) is 1. The highest BCUT2D eigenvalue weighted by Gasteiger charge is 2.31. The number of methoxy groups -OCH3 is 1. The first-order valence-corrected chi connectivity index (χ1v) is 9.52. The molecule has 0 bridgehead atoms. The predicted octanol–water partition coefficient (Wildman–Crippen LogP) is 2.52. The smallest absolute Gasteiger partial charge is 0.416 e. The van der Waals surface area contributed by atoms with Gasteiger partial charge in [0.25, 0.3) is 5.91 Å². The van der Waals surface area contributed by atoms with Crippen LogP contribution >= 0.6 is 0 Å². The van der Waals surface area contributed by atoms with Crippen LogP contribution in [0.2, 0.25) is 0 Å². The van der Waals surface area contributed by atoms with Crippen molar-refractivity contribution < 1.29 is 27.5 Å². The average molecular weight is 438 g/mol. The first-order valence-electron chi connectivity index (χ1n) is 9.52. The molecule has 1 fully saturated rings. The summed E-state index contributed by atoms with van der Waals surface area (Å²) >= 11 is 0. The van der Waals surface area contributed by atoms with E-state index in [2.05, 4.69) is 15.2 Å². The van der Waals surface area contributed by atoms with E-state index >= 15 is 0 Å². The minimum atomic E-state index is -4.54. The van der Waals surface area contributed by atoms with E-state index < -0.39 is 34.9 Å². The van der Waals surface area contributed by atoms with Crippen molar-refractivity contribution in [2.24, 2.45) is 0 Å². The van der Waals surface area contributed by atoms with Gasteiger partial charge >= 0.3 is 12.3 Å². The first kappa shape index (κ1) is 22.3. The van der Waals surface area contributed by atoms with Crippen molar-refractivity contribution in [3.05, 3.63) is 57.5 Å². The van der Waals surface area contributed by atoms with Gasteiger partial charge in [0, 0.05) is 30.9 Å². The summed E-state index contributed by atoms with van der Waals surface area (Å²) in [7, 11) is 1.29. The van der Waals surface area contributed by atoms with Crippen molar-refractivity contribution in [2.75, 3.05) is 20.2 Å². The summed E-state index contributed by atoms with van der Waals surface area (Å²) in [6.45, 7) is 2.28. The first-order chi connectivity index (χ1) is 14.6. The van der Waals surface area contributed by atoms with E-state index in [0.29, 0.717) is 25.9 Å². The van der Waals surface area contributed by atoms with E-state index in [1.54, 1.807) is 0 Å². The fourth-order valence-electron chi connectivity index (χ4n) is 3.37. The molecule has 0 unspecified atom stereocenters. The highest BCUT2D eigenvalue weighted by atomic mass is 19.4. The minimum Gasteiger partial charge on any atom is -0.453 e. The van der Waals surface area contributed by atoms with Crippen molar-refractivity contribution >= 4 is 12.0 Å². The molecule has 2 amide bonds. The Morgan fingerprint density at radius 1 is 1.19 bits per heavy atom. The SMILES string of the molecule is COC(=O)N1CCC(NC(=O)c2nn(-c3cccc(C(F)(F)F)c3)c(C)cc2=O)CC1. The topological polar surface area (TPSA) is 93.5 Å². The number of amides is 2. The Hall–Kier alpha value is -3.37. The van der Waals surface area contributed by atoms with Crippen LogP contribution in [0.25, 0.3) is 5.69 Å². The van der Waals surface area contributed by atoms with Crippen molar-refractivity contribution in [1.82, 2.24) is 20.0 Å². The van der Waals surface area contributed by atoms with Gasteiger partial charge in [-0.1, -0.05) is 6.07 Å². The van der Waals surface area contributed by atoms with Gasteiger partial charge in [-0.25, -0.2) is 9.48 Å². The van der Waals surface area contributed by atoms with Gasteiger partial charge in [0.2, 0.25) is 5.43 Å². The molecule has 11 heteroatoms. The Kier molecular flexibility index (Phi) is 6.32. The van der Waals surface area contributed by atoms with E-state index in [-0.39, 0.29) is 17.4 Å². The number of ether oxygens (including phenoxy) is 1. The quantitative estimate of drug-likeness (QED) is 0.795. The molecule has 2 aromatic rings. The largest absolute Gasteiger partial charge is 0.453 e. The molecule has 31 heavy (non-hydrogen) atoms. The Bertz CT molecular complexity index is 1040. The average Bonchev–Trinajstić information content (AvgIpc) is 2.73. The number of benzene rings is 1. The van der Waals surface area contributed by atoms with Gasteiger partial charge in [0.05, 0.1) is 18.4 Å². The van der Waals surface area contributed by atoms with Crippen molar-refractivity contribution in [1.29, 1.82) is 0 Å². The van der Waals surface area contributed by atoms with E-state index in [0.717, 1.165) is 22.9 Å². The van der Waals surface area contributed by atoms with Gasteiger partial charge in [0.15, 0.2) is 5.69 Å². The summed E-state index contributed by atoms with van der Waals surface area (Å²) in [4.78, 5) is 38.0. The summed E-state index contributed by atoms with van der Waals surface area (Å²) in [6.07, 6.45) is -4.06. The minimum absolute atomic E-state index is 0.0766. The predicted molar refractivity (Wildman–Crippen MR) is 104 cm³/mol. The number of halogens is 3. The second kappa shape index (κ2) is 8.78. The lowest BCUT2D eigenvalue weighted by Crippen LogP contribution is -2.47. The lowest BCUT2D eigenvalue weighted by molar-refractivity contribution is -0.137. The zero-order valence-corrected chi connectivity index (χ0v) is 16.9. The van der Waals surface area contributed by atoms with E-state index in [9.17, 15) is 27.6 Å². The third kappa shape index (κ3) is 5.04. The molecule has 3 rings (SSSR count). The molecule has 1 N–H and O–H groups in total. The molecule has 1 aromatic carbocycles. The maximum absolute atomic E-state index is 13.0. The normalized spacial score (nSPS) is 14.9. The Morgan fingerprint density at radius 3 is 2.48 bits per heavy atom. The molecule has 0 radical (unpaired) electrons. The number of hydrogen-bond acceptors (Lipinski definition) is 5. The number of hydrogen-bond donors (Lipinski definition) is 1. The number of likely N-dealkylation sites (tertiary alicyclic amines) is 1. The molecule has 1 saturated heterocycles. The number of carbonyl (C=O) groups is 2. The van der Waals surface area contributed by atoms with Gasteiger partial charge in [-0.3, -0.25) is 9.59 Å². The number of carbonyl (C=O) groups excluding carboxylic acids is 2. The Labute approximate surface area is 175 Å². The number of alkyl halides is 3. The summed E-state index contributed by atoms with van der Waals surface area (Å²) < 4.78 is 44.9. The Morgan fingerprint density at radius 2 is 1.87 bits per heavy atom. The molecule has 0 atom stereocenters. The summed E-state index contributed by atoms with van der Waals surface area (Å²) in [5.41, 5.74) is -1.56. The maximum Gasteiger partial charge on any atom is 0.416 e. The fourth-order valence-corrected chi connectivity index (χ4v) is 3.37. The zero-order valence-electron chi connectivity index (χ0n) is 16.9. The molecule has 0 aliphatic carbocycles. The van der Waals surface area contributed by atoms with Crippen LogP contribution in [0.3, 0.4) is 0 Å². The third-order valence-corrected chi connectivity index (χ3v) is 5.00. The number of aromatic nitrogens is 2. The second-order valence-corrected chi connectivity index (χ2v) is 7.16. The van der Waals surface area contributed by atoms with Crippen LogP contribution in [-0.4, -0.2) is 52.9 Å². The third-order valence-electron chi connectivity index (χ3n) is 5.00. The molecule has 8 nitrogen and oxygen atoms in total. The molecule has 166 valence electrons. The number of rotatable bonds is 3. The van der Waals surface area contributed by atoms with Gasteiger partial charge in [-0.05, 0) is 38.0 Å². The molecule has 1 aliphatic rings. The maximum atomic E-state index is 13.0. The molecule has 0 spiro atoms. The molecule has 1 aliphatic heterocycles. The molecular formula is C20H21F3N4O4. The molecule has 1 aromatic heterocycles. The standard InChI is InChI=1S/C20H21F3N4O4/c1-12-10-16(28)17(18(29)24-14-6-8-26(9-7-14)19(30)31-2)25-27(12)15-5-3-4-13(11-15)20(21,22)23/h3-5,10-11,14H,6-9H2,1-2H3,(H,24,29). The summed E-state index contributed by atoms with van der Waals surface area (Å²) in [5, 5.41) is 6.74. The lowest BCUT2D eigenvalue weighted by Gasteiger charge is -2.31.